The topological polar surface area (TPSA) is 109 Å². The van der Waals surface area contributed by atoms with Gasteiger partial charge in [0.15, 0.2) is 5.82 Å². The highest BCUT2D eigenvalue weighted by Crippen LogP contribution is 2.33. The molecule has 8 nitrogen and oxygen atoms in total. The fourth-order valence-electron chi connectivity index (χ4n) is 2.82. The van der Waals surface area contributed by atoms with E-state index in [0.717, 1.165) is 22.9 Å². The van der Waals surface area contributed by atoms with Crippen molar-refractivity contribution in [2.75, 3.05) is 4.90 Å². The van der Waals surface area contributed by atoms with Crippen molar-refractivity contribution < 1.29 is 19.8 Å². The predicted octanol–water partition coefficient (Wildman–Crippen LogP) is 3.47. The SMILES string of the molecule is CCCn1nc2c(N(C(=O)O)C(=O)O)nc3ccccc3c2c1C. The molecule has 8 heteroatoms. The number of imide groups is 1. The number of aryl methyl sites for hydroxylation is 2. The zero-order valence-corrected chi connectivity index (χ0v) is 13.2. The third-order valence-electron chi connectivity index (χ3n) is 3.85. The lowest BCUT2D eigenvalue weighted by Gasteiger charge is -2.13. The van der Waals surface area contributed by atoms with Gasteiger partial charge in [-0.1, -0.05) is 25.1 Å². The molecule has 2 amide bonds. The number of anilines is 1. The largest absolute Gasteiger partial charge is 0.464 e. The van der Waals surface area contributed by atoms with E-state index in [-0.39, 0.29) is 16.2 Å². The average Bonchev–Trinajstić information content (AvgIpc) is 2.85. The summed E-state index contributed by atoms with van der Waals surface area (Å²) in [6.07, 6.45) is -2.39. The lowest BCUT2D eigenvalue weighted by Crippen LogP contribution is -2.35. The first-order chi connectivity index (χ1) is 11.5. The van der Waals surface area contributed by atoms with Crippen LogP contribution in [0, 0.1) is 6.92 Å². The molecule has 0 atom stereocenters. The first kappa shape index (κ1) is 15.7. The van der Waals surface area contributed by atoms with E-state index >= 15 is 0 Å². The number of fused-ring (bicyclic) bond motifs is 3. The minimum absolute atomic E-state index is 0.193. The van der Waals surface area contributed by atoms with Crippen LogP contribution in [0.5, 0.6) is 0 Å². The van der Waals surface area contributed by atoms with Crippen molar-refractivity contribution in [1.29, 1.82) is 0 Å². The molecule has 0 saturated carbocycles. The van der Waals surface area contributed by atoms with Crippen LogP contribution in [0.1, 0.15) is 19.0 Å². The van der Waals surface area contributed by atoms with E-state index < -0.39 is 12.2 Å². The smallest absolute Gasteiger partial charge is 0.422 e. The zero-order valence-electron chi connectivity index (χ0n) is 13.2. The van der Waals surface area contributed by atoms with E-state index in [9.17, 15) is 19.8 Å². The summed E-state index contributed by atoms with van der Waals surface area (Å²) >= 11 is 0. The van der Waals surface area contributed by atoms with Gasteiger partial charge >= 0.3 is 12.2 Å². The van der Waals surface area contributed by atoms with Crippen molar-refractivity contribution in [2.24, 2.45) is 0 Å². The van der Waals surface area contributed by atoms with Gasteiger partial charge in [0.25, 0.3) is 0 Å². The molecule has 3 aromatic rings. The lowest BCUT2D eigenvalue weighted by atomic mass is 10.1. The Bertz CT molecular complexity index is 950. The van der Waals surface area contributed by atoms with Crippen LogP contribution in [-0.2, 0) is 6.54 Å². The van der Waals surface area contributed by atoms with Crippen molar-refractivity contribution in [3.63, 3.8) is 0 Å². The number of hydrogen-bond acceptors (Lipinski definition) is 4. The molecule has 0 saturated heterocycles. The number of nitrogens with zero attached hydrogens (tertiary/aromatic N) is 4. The van der Waals surface area contributed by atoms with Gasteiger partial charge in [-0.25, -0.2) is 14.6 Å². The van der Waals surface area contributed by atoms with Gasteiger partial charge in [-0.15, -0.1) is 0 Å². The highest BCUT2D eigenvalue weighted by molar-refractivity contribution is 6.17. The van der Waals surface area contributed by atoms with Crippen molar-refractivity contribution in [3.8, 4) is 0 Å². The summed E-state index contributed by atoms with van der Waals surface area (Å²) in [5.41, 5.74) is 1.64. The van der Waals surface area contributed by atoms with Crippen molar-refractivity contribution in [1.82, 2.24) is 14.8 Å². The van der Waals surface area contributed by atoms with E-state index in [2.05, 4.69) is 10.1 Å². The summed E-state index contributed by atoms with van der Waals surface area (Å²) in [5.74, 6) is -0.193. The van der Waals surface area contributed by atoms with E-state index in [1.807, 2.05) is 26.0 Å². The van der Waals surface area contributed by atoms with E-state index in [1.165, 1.54) is 0 Å². The molecule has 124 valence electrons. The summed E-state index contributed by atoms with van der Waals surface area (Å²) in [6.45, 7) is 4.53. The van der Waals surface area contributed by atoms with Crippen molar-refractivity contribution >= 4 is 39.8 Å². The number of aromatic nitrogens is 3. The van der Waals surface area contributed by atoms with Gasteiger partial charge in [-0.3, -0.25) is 4.68 Å². The Balaban J connectivity index is 2.45. The normalized spacial score (nSPS) is 11.1. The monoisotopic (exact) mass is 328 g/mol. The van der Waals surface area contributed by atoms with Crippen LogP contribution in [0.2, 0.25) is 0 Å². The molecule has 2 N–H and O–H groups in total. The first-order valence-electron chi connectivity index (χ1n) is 7.47. The Kier molecular flexibility index (Phi) is 3.80. The molecule has 2 heterocycles. The molecule has 2 aromatic heterocycles. The molecule has 0 unspecified atom stereocenters. The summed E-state index contributed by atoms with van der Waals surface area (Å²) < 4.78 is 1.75. The molecule has 3 rings (SSSR count). The predicted molar refractivity (Wildman–Crippen MR) is 88.6 cm³/mol. The Morgan fingerprint density at radius 2 is 1.88 bits per heavy atom. The van der Waals surface area contributed by atoms with E-state index in [0.29, 0.717) is 12.1 Å². The van der Waals surface area contributed by atoms with Gasteiger partial charge in [0.2, 0.25) is 0 Å². The second-order valence-corrected chi connectivity index (χ2v) is 5.39. The van der Waals surface area contributed by atoms with Crippen LogP contribution in [-0.4, -0.2) is 37.2 Å². The molecule has 0 spiro atoms. The van der Waals surface area contributed by atoms with Crippen LogP contribution in [0.25, 0.3) is 21.8 Å². The zero-order chi connectivity index (χ0) is 17.4. The average molecular weight is 328 g/mol. The number of rotatable bonds is 3. The molecule has 0 aliphatic carbocycles. The maximum Gasteiger partial charge on any atom is 0.422 e. The van der Waals surface area contributed by atoms with Gasteiger partial charge in [-0.2, -0.15) is 10.00 Å². The Labute approximate surface area is 136 Å². The molecule has 0 aliphatic heterocycles. The fraction of sp³-hybridized carbons (Fsp3) is 0.250. The van der Waals surface area contributed by atoms with Gasteiger partial charge in [0.05, 0.1) is 5.52 Å². The van der Waals surface area contributed by atoms with Gasteiger partial charge in [-0.05, 0) is 19.4 Å². The number of benzene rings is 1. The van der Waals surface area contributed by atoms with Crippen LogP contribution in [0.4, 0.5) is 15.4 Å². The maximum atomic E-state index is 11.4. The van der Waals surface area contributed by atoms with Crippen LogP contribution < -0.4 is 4.90 Å². The molecule has 0 radical (unpaired) electrons. The number of pyridine rings is 1. The highest BCUT2D eigenvalue weighted by Gasteiger charge is 2.29. The standard InChI is InChI=1S/C16H16N4O4/c1-3-8-19-9(2)12-10-6-4-5-7-11(10)17-14(13(12)18-19)20(15(21)22)16(23)24/h4-7H,3,8H2,1-2H3,(H,21,22)(H,23,24). The Morgan fingerprint density at radius 1 is 1.21 bits per heavy atom. The Morgan fingerprint density at radius 3 is 2.50 bits per heavy atom. The Hall–Kier alpha value is -3.16. The van der Waals surface area contributed by atoms with Crippen molar-refractivity contribution in [3.05, 3.63) is 30.0 Å². The highest BCUT2D eigenvalue weighted by atomic mass is 16.4. The number of hydrogen-bond donors (Lipinski definition) is 2. The lowest BCUT2D eigenvalue weighted by molar-refractivity contribution is 0.184. The third kappa shape index (κ3) is 2.32. The number of carboxylic acid groups (broad SMARTS) is 2. The van der Waals surface area contributed by atoms with E-state index in [1.54, 1.807) is 16.8 Å². The molecule has 0 aliphatic rings. The second-order valence-electron chi connectivity index (χ2n) is 5.39. The van der Waals surface area contributed by atoms with Crippen molar-refractivity contribution in [2.45, 2.75) is 26.8 Å². The first-order valence-corrected chi connectivity index (χ1v) is 7.47. The molecule has 1 aromatic carbocycles. The summed E-state index contributed by atoms with van der Waals surface area (Å²) in [5, 5.41) is 24.5. The number of amides is 2. The van der Waals surface area contributed by atoms with Gasteiger partial charge in [0, 0.05) is 23.0 Å². The van der Waals surface area contributed by atoms with E-state index in [4.69, 9.17) is 0 Å². The maximum absolute atomic E-state index is 11.4. The fourth-order valence-corrected chi connectivity index (χ4v) is 2.82. The van der Waals surface area contributed by atoms with Crippen LogP contribution >= 0.6 is 0 Å². The summed E-state index contributed by atoms with van der Waals surface area (Å²) in [7, 11) is 0. The van der Waals surface area contributed by atoms with Crippen LogP contribution in [0.15, 0.2) is 24.3 Å². The molecule has 0 bridgehead atoms. The minimum Gasteiger partial charge on any atom is -0.464 e. The van der Waals surface area contributed by atoms with Gasteiger partial charge in [0.1, 0.15) is 5.52 Å². The van der Waals surface area contributed by atoms with Crippen LogP contribution in [0.3, 0.4) is 0 Å². The summed E-state index contributed by atoms with van der Waals surface area (Å²) in [6, 6.07) is 7.20. The number of para-hydroxylation sites is 1. The molecular weight excluding hydrogens is 312 g/mol. The minimum atomic E-state index is -1.62. The third-order valence-corrected chi connectivity index (χ3v) is 3.85. The number of carbonyl (C=O) groups is 2. The second kappa shape index (κ2) is 5.80. The molecule has 0 fully saturated rings. The molecule has 24 heavy (non-hydrogen) atoms. The van der Waals surface area contributed by atoms with Gasteiger partial charge < -0.3 is 10.2 Å². The molecular formula is C16H16N4O4. The summed E-state index contributed by atoms with van der Waals surface area (Å²) in [4.78, 5) is 27.3. The quantitative estimate of drug-likeness (QED) is 0.762.